The number of methoxy groups -OCH3 is 1. The number of aromatic nitrogens is 1. The van der Waals surface area contributed by atoms with Crippen LogP contribution < -0.4 is 16.0 Å². The summed E-state index contributed by atoms with van der Waals surface area (Å²) in [5.41, 5.74) is 6.43. The van der Waals surface area contributed by atoms with Crippen molar-refractivity contribution >= 4 is 28.3 Å². The Labute approximate surface area is 129 Å². The summed E-state index contributed by atoms with van der Waals surface area (Å²) in [5, 5.41) is 3.78. The number of anilines is 2. The fraction of sp³-hybridized carbons (Fsp3) is 0.714. The van der Waals surface area contributed by atoms with E-state index < -0.39 is 0 Å². The van der Waals surface area contributed by atoms with Crippen molar-refractivity contribution in [1.29, 1.82) is 0 Å². The maximum atomic E-state index is 12.3. The molecular weight excluding hydrogens is 288 g/mol. The number of hydrogen-bond donors (Lipinski definition) is 2. The average Bonchev–Trinajstić information content (AvgIpc) is 2.80. The van der Waals surface area contributed by atoms with Gasteiger partial charge in [-0.2, -0.15) is 4.37 Å². The SMILES string of the molecule is COCC1CCCN(c2snc(N)c2C(=O)NC(C)C)C1. The highest BCUT2D eigenvalue weighted by atomic mass is 32.1. The molecule has 1 aliphatic heterocycles. The molecule has 1 saturated heterocycles. The second kappa shape index (κ2) is 7.09. The third-order valence-electron chi connectivity index (χ3n) is 3.56. The van der Waals surface area contributed by atoms with Gasteiger partial charge in [-0.1, -0.05) is 0 Å². The van der Waals surface area contributed by atoms with Gasteiger partial charge in [-0.25, -0.2) is 0 Å². The number of nitrogens with one attached hydrogen (secondary N) is 1. The lowest BCUT2D eigenvalue weighted by atomic mass is 9.99. The number of hydrogen-bond acceptors (Lipinski definition) is 6. The Morgan fingerprint density at radius 1 is 1.62 bits per heavy atom. The summed E-state index contributed by atoms with van der Waals surface area (Å²) >= 11 is 1.31. The predicted molar refractivity (Wildman–Crippen MR) is 85.9 cm³/mol. The zero-order valence-corrected chi connectivity index (χ0v) is 13.7. The summed E-state index contributed by atoms with van der Waals surface area (Å²) < 4.78 is 9.44. The fourth-order valence-corrected chi connectivity index (χ4v) is 3.52. The van der Waals surface area contributed by atoms with Crippen molar-refractivity contribution < 1.29 is 9.53 Å². The number of nitrogen functional groups attached to an aromatic ring is 1. The van der Waals surface area contributed by atoms with Gasteiger partial charge in [0.1, 0.15) is 10.6 Å². The second-order valence-corrected chi connectivity index (χ2v) is 6.54. The van der Waals surface area contributed by atoms with Gasteiger partial charge >= 0.3 is 0 Å². The van der Waals surface area contributed by atoms with Crippen molar-refractivity contribution in [2.75, 3.05) is 37.4 Å². The van der Waals surface area contributed by atoms with Crippen LogP contribution in [0.5, 0.6) is 0 Å². The molecule has 0 bridgehead atoms. The molecule has 1 aliphatic rings. The topological polar surface area (TPSA) is 80.5 Å². The monoisotopic (exact) mass is 312 g/mol. The van der Waals surface area contributed by atoms with Gasteiger partial charge < -0.3 is 20.7 Å². The molecule has 0 aliphatic carbocycles. The van der Waals surface area contributed by atoms with Crippen LogP contribution in [0.25, 0.3) is 0 Å². The maximum absolute atomic E-state index is 12.3. The lowest BCUT2D eigenvalue weighted by Gasteiger charge is -2.33. The Hall–Kier alpha value is -1.34. The van der Waals surface area contributed by atoms with E-state index in [1.54, 1.807) is 7.11 Å². The molecule has 2 rings (SSSR count). The summed E-state index contributed by atoms with van der Waals surface area (Å²) in [6.45, 7) is 6.44. The molecule has 2 heterocycles. The number of nitrogens with zero attached hydrogens (tertiary/aromatic N) is 2. The summed E-state index contributed by atoms with van der Waals surface area (Å²) in [5.74, 6) is 0.676. The molecule has 1 atom stereocenters. The Kier molecular flexibility index (Phi) is 5.41. The van der Waals surface area contributed by atoms with Gasteiger partial charge in [0.05, 0.1) is 6.61 Å². The first-order valence-electron chi connectivity index (χ1n) is 7.32. The number of carbonyl (C=O) groups excluding carboxylic acids is 1. The molecule has 6 nitrogen and oxygen atoms in total. The van der Waals surface area contributed by atoms with Gasteiger partial charge in [-0.3, -0.25) is 4.79 Å². The molecule has 1 unspecified atom stereocenters. The van der Waals surface area contributed by atoms with E-state index in [0.29, 0.717) is 17.3 Å². The normalized spacial score (nSPS) is 19.0. The molecular formula is C14H24N4O2S. The lowest BCUT2D eigenvalue weighted by Crippen LogP contribution is -2.38. The fourth-order valence-electron chi connectivity index (χ4n) is 2.68. The van der Waals surface area contributed by atoms with E-state index in [4.69, 9.17) is 10.5 Å². The summed E-state index contributed by atoms with van der Waals surface area (Å²) in [6.07, 6.45) is 2.25. The van der Waals surface area contributed by atoms with Crippen molar-refractivity contribution in [1.82, 2.24) is 9.69 Å². The van der Waals surface area contributed by atoms with Gasteiger partial charge in [-0.05, 0) is 44.1 Å². The van der Waals surface area contributed by atoms with Crippen LogP contribution in [0.3, 0.4) is 0 Å². The largest absolute Gasteiger partial charge is 0.384 e. The zero-order chi connectivity index (χ0) is 15.4. The molecule has 1 aromatic rings. The van der Waals surface area contributed by atoms with E-state index in [-0.39, 0.29) is 11.9 Å². The molecule has 1 amide bonds. The van der Waals surface area contributed by atoms with Crippen molar-refractivity contribution in [3.05, 3.63) is 5.56 Å². The molecule has 0 aromatic carbocycles. The molecule has 21 heavy (non-hydrogen) atoms. The van der Waals surface area contributed by atoms with E-state index in [0.717, 1.165) is 37.5 Å². The van der Waals surface area contributed by atoms with E-state index >= 15 is 0 Å². The van der Waals surface area contributed by atoms with E-state index in [1.807, 2.05) is 13.8 Å². The van der Waals surface area contributed by atoms with Crippen LogP contribution in [0.1, 0.15) is 37.0 Å². The highest BCUT2D eigenvalue weighted by molar-refractivity contribution is 7.11. The number of rotatable bonds is 5. The number of amides is 1. The molecule has 3 N–H and O–H groups in total. The molecule has 0 saturated carbocycles. The maximum Gasteiger partial charge on any atom is 0.258 e. The predicted octanol–water partition coefficient (Wildman–Crippen LogP) is 1.73. The van der Waals surface area contributed by atoms with Crippen molar-refractivity contribution in [2.24, 2.45) is 5.92 Å². The Balaban J connectivity index is 2.18. The first-order chi connectivity index (χ1) is 10.0. The van der Waals surface area contributed by atoms with E-state index in [9.17, 15) is 4.79 Å². The lowest BCUT2D eigenvalue weighted by molar-refractivity contribution is 0.0944. The van der Waals surface area contributed by atoms with Crippen LogP contribution in [0, 0.1) is 5.92 Å². The summed E-state index contributed by atoms with van der Waals surface area (Å²) in [4.78, 5) is 14.6. The average molecular weight is 312 g/mol. The number of ether oxygens (including phenoxy) is 1. The first kappa shape index (κ1) is 16.0. The Morgan fingerprint density at radius 2 is 2.38 bits per heavy atom. The van der Waals surface area contributed by atoms with E-state index in [1.165, 1.54) is 11.5 Å². The highest BCUT2D eigenvalue weighted by Crippen LogP contribution is 2.33. The van der Waals surface area contributed by atoms with Gasteiger partial charge in [0.25, 0.3) is 5.91 Å². The highest BCUT2D eigenvalue weighted by Gasteiger charge is 2.27. The quantitative estimate of drug-likeness (QED) is 0.865. The van der Waals surface area contributed by atoms with Gasteiger partial charge in [0.2, 0.25) is 0 Å². The minimum absolute atomic E-state index is 0.0762. The third kappa shape index (κ3) is 3.85. The van der Waals surface area contributed by atoms with Crippen molar-refractivity contribution in [3.8, 4) is 0 Å². The smallest absolute Gasteiger partial charge is 0.258 e. The summed E-state index contributed by atoms with van der Waals surface area (Å²) in [7, 11) is 1.73. The molecule has 1 fully saturated rings. The minimum atomic E-state index is -0.139. The van der Waals surface area contributed by atoms with Crippen LogP contribution in [0.4, 0.5) is 10.8 Å². The second-order valence-electron chi connectivity index (χ2n) is 5.79. The zero-order valence-electron chi connectivity index (χ0n) is 12.9. The Bertz CT molecular complexity index is 487. The minimum Gasteiger partial charge on any atom is -0.384 e. The van der Waals surface area contributed by atoms with Gasteiger partial charge in [-0.15, -0.1) is 0 Å². The Morgan fingerprint density at radius 3 is 3.05 bits per heavy atom. The third-order valence-corrected chi connectivity index (χ3v) is 4.48. The number of piperidine rings is 1. The van der Waals surface area contributed by atoms with E-state index in [2.05, 4.69) is 14.6 Å². The van der Waals surface area contributed by atoms with Gasteiger partial charge in [0, 0.05) is 26.2 Å². The molecule has 7 heteroatoms. The van der Waals surface area contributed by atoms with Crippen LogP contribution in [0.2, 0.25) is 0 Å². The van der Waals surface area contributed by atoms with Crippen molar-refractivity contribution in [3.63, 3.8) is 0 Å². The van der Waals surface area contributed by atoms with Crippen molar-refractivity contribution in [2.45, 2.75) is 32.7 Å². The number of carbonyl (C=O) groups is 1. The molecule has 118 valence electrons. The van der Waals surface area contributed by atoms with Crippen LogP contribution in [0.15, 0.2) is 0 Å². The molecule has 1 aromatic heterocycles. The van der Waals surface area contributed by atoms with Gasteiger partial charge in [0.15, 0.2) is 5.82 Å². The van der Waals surface area contributed by atoms with Crippen LogP contribution in [-0.4, -0.2) is 43.1 Å². The van der Waals surface area contributed by atoms with Crippen LogP contribution >= 0.6 is 11.5 Å². The molecule has 0 spiro atoms. The summed E-state index contributed by atoms with van der Waals surface area (Å²) in [6, 6.07) is 0.0762. The molecule has 0 radical (unpaired) electrons. The standard InChI is InChI=1S/C14H24N4O2S/c1-9(2)16-13(19)11-12(15)17-21-14(11)18-6-4-5-10(7-18)8-20-3/h9-10H,4-8H2,1-3H3,(H2,15,17)(H,16,19). The first-order valence-corrected chi connectivity index (χ1v) is 8.10. The number of nitrogens with two attached hydrogens (primary N) is 1. The van der Waals surface area contributed by atoms with Crippen LogP contribution in [-0.2, 0) is 4.74 Å².